The number of hydrogen-bond acceptors (Lipinski definition) is 7. The van der Waals surface area contributed by atoms with Gasteiger partial charge in [0.2, 0.25) is 11.5 Å². The fourth-order valence-electron chi connectivity index (χ4n) is 2.78. The number of nitrogens with one attached hydrogen (secondary N) is 1. The highest BCUT2D eigenvalue weighted by Gasteiger charge is 2.18. The molecule has 0 aromatic heterocycles. The second kappa shape index (κ2) is 10.3. The Morgan fingerprint density at radius 3 is 2.10 bits per heavy atom. The van der Waals surface area contributed by atoms with Gasteiger partial charge in [-0.1, -0.05) is 17.7 Å². The molecule has 0 atom stereocenters. The van der Waals surface area contributed by atoms with Crippen LogP contribution in [0, 0.1) is 13.8 Å². The number of carbonyl (C=O) groups excluding carboxylic acids is 3. The smallest absolute Gasteiger partial charge is 0.325 e. The van der Waals surface area contributed by atoms with Crippen LogP contribution in [-0.2, 0) is 9.53 Å². The van der Waals surface area contributed by atoms with Crippen molar-refractivity contribution in [2.24, 2.45) is 0 Å². The summed E-state index contributed by atoms with van der Waals surface area (Å²) in [6.07, 6.45) is 0. The van der Waals surface area contributed by atoms with Crippen molar-refractivity contribution in [3.05, 3.63) is 52.6 Å². The van der Waals surface area contributed by atoms with E-state index >= 15 is 0 Å². The van der Waals surface area contributed by atoms with E-state index in [1.807, 2.05) is 26.0 Å². The van der Waals surface area contributed by atoms with Gasteiger partial charge in [-0.05, 0) is 37.6 Å². The molecule has 1 N–H and O–H groups in total. The Hall–Kier alpha value is -3.55. The first-order chi connectivity index (χ1) is 14.3. The second-order valence-electron chi connectivity index (χ2n) is 6.50. The Morgan fingerprint density at radius 1 is 0.900 bits per heavy atom. The topological polar surface area (TPSA) is 100 Å². The highest BCUT2D eigenvalue weighted by Crippen LogP contribution is 2.38. The number of Topliss-reactive ketones (excluding diaryl/α,β-unsaturated/α-hetero) is 1. The number of ketones is 1. The monoisotopic (exact) mass is 415 g/mol. The van der Waals surface area contributed by atoms with E-state index in [0.717, 1.165) is 11.1 Å². The van der Waals surface area contributed by atoms with Gasteiger partial charge in [0.1, 0.15) is 6.54 Å². The predicted octanol–water partition coefficient (Wildman–Crippen LogP) is 2.49. The summed E-state index contributed by atoms with van der Waals surface area (Å²) < 4.78 is 20.6. The van der Waals surface area contributed by atoms with Gasteiger partial charge in [0, 0.05) is 11.1 Å². The molecule has 2 aromatic carbocycles. The van der Waals surface area contributed by atoms with Crippen molar-refractivity contribution in [1.29, 1.82) is 0 Å². The van der Waals surface area contributed by atoms with Crippen molar-refractivity contribution in [3.63, 3.8) is 0 Å². The van der Waals surface area contributed by atoms with E-state index in [1.54, 1.807) is 6.07 Å². The third-order valence-electron chi connectivity index (χ3n) is 4.38. The molecule has 0 radical (unpaired) electrons. The van der Waals surface area contributed by atoms with Gasteiger partial charge >= 0.3 is 5.97 Å². The van der Waals surface area contributed by atoms with E-state index in [9.17, 15) is 14.4 Å². The molecule has 30 heavy (non-hydrogen) atoms. The highest BCUT2D eigenvalue weighted by atomic mass is 16.5. The Morgan fingerprint density at radius 2 is 1.53 bits per heavy atom. The van der Waals surface area contributed by atoms with Gasteiger partial charge in [-0.2, -0.15) is 0 Å². The molecule has 0 aliphatic rings. The van der Waals surface area contributed by atoms with Crippen LogP contribution < -0.4 is 19.5 Å². The van der Waals surface area contributed by atoms with Crippen LogP contribution in [0.3, 0.4) is 0 Å². The summed E-state index contributed by atoms with van der Waals surface area (Å²) in [5.74, 6) is -0.602. The van der Waals surface area contributed by atoms with E-state index in [-0.39, 0.29) is 11.3 Å². The van der Waals surface area contributed by atoms with Gasteiger partial charge in [0.15, 0.2) is 18.1 Å². The molecule has 0 aliphatic heterocycles. The van der Waals surface area contributed by atoms with Gasteiger partial charge in [-0.3, -0.25) is 14.4 Å². The van der Waals surface area contributed by atoms with Crippen LogP contribution in [0.4, 0.5) is 0 Å². The summed E-state index contributed by atoms with van der Waals surface area (Å²) in [5, 5.41) is 2.45. The summed E-state index contributed by atoms with van der Waals surface area (Å²) in [6.45, 7) is 2.89. The van der Waals surface area contributed by atoms with Gasteiger partial charge in [0.25, 0.3) is 5.91 Å². The molecule has 0 saturated carbocycles. The maximum absolute atomic E-state index is 12.4. The van der Waals surface area contributed by atoms with Crippen molar-refractivity contribution in [3.8, 4) is 17.2 Å². The van der Waals surface area contributed by atoms with Crippen LogP contribution in [-0.4, -0.2) is 52.1 Å². The number of aryl methyl sites for hydroxylation is 2. The number of carbonyl (C=O) groups is 3. The average Bonchev–Trinajstić information content (AvgIpc) is 2.76. The lowest BCUT2D eigenvalue weighted by atomic mass is 10.0. The zero-order valence-corrected chi connectivity index (χ0v) is 17.7. The summed E-state index contributed by atoms with van der Waals surface area (Å²) in [6, 6.07) is 8.41. The predicted molar refractivity (Wildman–Crippen MR) is 110 cm³/mol. The lowest BCUT2D eigenvalue weighted by Crippen LogP contribution is -2.31. The van der Waals surface area contributed by atoms with Crippen LogP contribution in [0.5, 0.6) is 17.2 Å². The summed E-state index contributed by atoms with van der Waals surface area (Å²) in [4.78, 5) is 36.6. The quantitative estimate of drug-likeness (QED) is 0.496. The number of methoxy groups -OCH3 is 3. The minimum atomic E-state index is -0.727. The first-order valence-electron chi connectivity index (χ1n) is 9.15. The zero-order valence-electron chi connectivity index (χ0n) is 17.7. The lowest BCUT2D eigenvalue weighted by Gasteiger charge is -2.14. The number of hydrogen-bond donors (Lipinski definition) is 1. The fraction of sp³-hybridized carbons (Fsp3) is 0.318. The molecule has 0 aliphatic carbocycles. The number of benzene rings is 2. The van der Waals surface area contributed by atoms with E-state index in [2.05, 4.69) is 5.32 Å². The van der Waals surface area contributed by atoms with Crippen LogP contribution in [0.2, 0.25) is 0 Å². The molecule has 1 amide bonds. The summed E-state index contributed by atoms with van der Waals surface area (Å²) >= 11 is 0. The van der Waals surface area contributed by atoms with Crippen molar-refractivity contribution >= 4 is 17.7 Å². The fourth-order valence-corrected chi connectivity index (χ4v) is 2.78. The molecule has 8 heteroatoms. The molecule has 0 fully saturated rings. The number of rotatable bonds is 9. The lowest BCUT2D eigenvalue weighted by molar-refractivity contribution is -0.141. The van der Waals surface area contributed by atoms with Gasteiger partial charge < -0.3 is 24.3 Å². The minimum Gasteiger partial charge on any atom is -0.493 e. The third kappa shape index (κ3) is 5.50. The van der Waals surface area contributed by atoms with Crippen molar-refractivity contribution in [2.45, 2.75) is 13.8 Å². The first-order valence-corrected chi connectivity index (χ1v) is 9.15. The minimum absolute atomic E-state index is 0.212. The van der Waals surface area contributed by atoms with E-state index in [0.29, 0.717) is 22.8 Å². The molecule has 160 valence electrons. The van der Waals surface area contributed by atoms with Crippen LogP contribution in [0.15, 0.2) is 30.3 Å². The molecule has 0 heterocycles. The maximum atomic E-state index is 12.4. The third-order valence-corrected chi connectivity index (χ3v) is 4.38. The largest absolute Gasteiger partial charge is 0.493 e. The van der Waals surface area contributed by atoms with Crippen LogP contribution >= 0.6 is 0 Å². The molecule has 0 unspecified atom stereocenters. The van der Waals surface area contributed by atoms with Crippen molar-refractivity contribution < 1.29 is 33.3 Å². The molecule has 0 bridgehead atoms. The first kappa shape index (κ1) is 22.7. The molecule has 0 saturated heterocycles. The normalized spacial score (nSPS) is 10.2. The highest BCUT2D eigenvalue weighted by molar-refractivity contribution is 6.00. The van der Waals surface area contributed by atoms with Crippen LogP contribution in [0.1, 0.15) is 31.8 Å². The number of amides is 1. The van der Waals surface area contributed by atoms with Crippen LogP contribution in [0.25, 0.3) is 0 Å². The SMILES string of the molecule is COc1cc(C(=O)NCC(=O)OCC(=O)c2cc(C)ccc2C)cc(OC)c1OC. The zero-order chi connectivity index (χ0) is 22.3. The summed E-state index contributed by atoms with van der Waals surface area (Å²) in [5.41, 5.74) is 2.46. The maximum Gasteiger partial charge on any atom is 0.325 e. The standard InChI is InChI=1S/C22H25NO7/c1-13-6-7-14(2)16(8-13)17(24)12-30-20(25)11-23-22(26)15-9-18(27-3)21(29-5)19(10-15)28-4/h6-10H,11-12H2,1-5H3,(H,23,26). The molecule has 8 nitrogen and oxygen atoms in total. The average molecular weight is 415 g/mol. The van der Waals surface area contributed by atoms with Gasteiger partial charge in [0.05, 0.1) is 21.3 Å². The molecule has 2 rings (SSSR count). The number of ether oxygens (including phenoxy) is 4. The molecule has 2 aromatic rings. The second-order valence-corrected chi connectivity index (χ2v) is 6.50. The summed E-state index contributed by atoms with van der Waals surface area (Å²) in [7, 11) is 4.32. The van der Waals surface area contributed by atoms with E-state index in [4.69, 9.17) is 18.9 Å². The van der Waals surface area contributed by atoms with E-state index in [1.165, 1.54) is 33.5 Å². The van der Waals surface area contributed by atoms with Crippen molar-refractivity contribution in [2.75, 3.05) is 34.5 Å². The van der Waals surface area contributed by atoms with Gasteiger partial charge in [-0.15, -0.1) is 0 Å². The Balaban J connectivity index is 1.95. The van der Waals surface area contributed by atoms with Gasteiger partial charge in [-0.25, -0.2) is 0 Å². The Kier molecular flexibility index (Phi) is 7.80. The van der Waals surface area contributed by atoms with E-state index < -0.39 is 25.0 Å². The molecule has 0 spiro atoms. The Bertz CT molecular complexity index is 927. The molecular formula is C22H25NO7. The molecular weight excluding hydrogens is 390 g/mol. The van der Waals surface area contributed by atoms with Crippen molar-refractivity contribution in [1.82, 2.24) is 5.32 Å². The Labute approximate surface area is 175 Å². The number of esters is 1.